The van der Waals surface area contributed by atoms with Crippen LogP contribution in [0.3, 0.4) is 0 Å². The highest BCUT2D eigenvalue weighted by atomic mass is 16.5. The van der Waals surface area contributed by atoms with Crippen molar-refractivity contribution in [3.63, 3.8) is 0 Å². The zero-order chi connectivity index (χ0) is 16.9. The zero-order valence-corrected chi connectivity index (χ0v) is 14.1. The molecule has 1 N–H and O–H groups in total. The van der Waals surface area contributed by atoms with Crippen molar-refractivity contribution in [3.8, 4) is 5.75 Å². The minimum absolute atomic E-state index is 0.145. The van der Waals surface area contributed by atoms with E-state index in [-0.39, 0.29) is 5.91 Å². The molecule has 1 saturated heterocycles. The summed E-state index contributed by atoms with van der Waals surface area (Å²) in [6.45, 7) is 4.33. The second-order valence-corrected chi connectivity index (χ2v) is 5.91. The molecule has 2 aromatic rings. The summed E-state index contributed by atoms with van der Waals surface area (Å²) in [5.41, 5.74) is 2.30. The van der Waals surface area contributed by atoms with Crippen LogP contribution < -0.4 is 15.0 Å². The number of aryl methyl sites for hydroxylation is 1. The molecular weight excluding hydrogens is 304 g/mol. The summed E-state index contributed by atoms with van der Waals surface area (Å²) < 4.78 is 5.15. The first-order chi connectivity index (χ1) is 11.7. The fourth-order valence-electron chi connectivity index (χ4n) is 2.80. The quantitative estimate of drug-likeness (QED) is 0.913. The molecule has 1 amide bonds. The van der Waals surface area contributed by atoms with Crippen LogP contribution in [-0.2, 0) is 6.54 Å². The highest BCUT2D eigenvalue weighted by Crippen LogP contribution is 2.17. The van der Waals surface area contributed by atoms with Crippen LogP contribution in [0.15, 0.2) is 30.3 Å². The van der Waals surface area contributed by atoms with E-state index in [0.717, 1.165) is 30.4 Å². The lowest BCUT2D eigenvalue weighted by Gasteiger charge is -2.16. The summed E-state index contributed by atoms with van der Waals surface area (Å²) in [6, 6.07) is 9.00. The van der Waals surface area contributed by atoms with Gasteiger partial charge in [0.1, 0.15) is 5.75 Å². The number of nitrogens with one attached hydrogen (secondary N) is 1. The average molecular weight is 326 g/mol. The smallest absolute Gasteiger partial charge is 0.251 e. The molecule has 126 valence electrons. The Morgan fingerprint density at radius 2 is 2.04 bits per heavy atom. The van der Waals surface area contributed by atoms with Gasteiger partial charge in [0.2, 0.25) is 5.95 Å². The van der Waals surface area contributed by atoms with Crippen LogP contribution in [0, 0.1) is 6.92 Å². The number of nitrogens with zero attached hydrogens (tertiary/aromatic N) is 3. The Labute approximate surface area is 141 Å². The van der Waals surface area contributed by atoms with E-state index in [0.29, 0.717) is 17.9 Å². The number of carbonyl (C=O) groups excluding carboxylic acids is 1. The Hall–Kier alpha value is -2.63. The van der Waals surface area contributed by atoms with Gasteiger partial charge in [-0.3, -0.25) is 4.79 Å². The summed E-state index contributed by atoms with van der Waals surface area (Å²) in [6.07, 6.45) is 2.36. The molecule has 0 aliphatic carbocycles. The molecule has 6 heteroatoms. The van der Waals surface area contributed by atoms with E-state index in [9.17, 15) is 4.79 Å². The Morgan fingerprint density at radius 1 is 1.25 bits per heavy atom. The van der Waals surface area contributed by atoms with Gasteiger partial charge in [0.15, 0.2) is 0 Å². The largest absolute Gasteiger partial charge is 0.497 e. The van der Waals surface area contributed by atoms with Crippen LogP contribution in [0.1, 0.15) is 34.6 Å². The number of rotatable bonds is 5. The van der Waals surface area contributed by atoms with Gasteiger partial charge in [-0.1, -0.05) is 6.07 Å². The minimum Gasteiger partial charge on any atom is -0.497 e. The summed E-state index contributed by atoms with van der Waals surface area (Å²) in [7, 11) is 1.58. The fraction of sp³-hybridized carbons (Fsp3) is 0.389. The molecule has 1 fully saturated rings. The number of benzene rings is 1. The maximum Gasteiger partial charge on any atom is 0.251 e. The van der Waals surface area contributed by atoms with Gasteiger partial charge in [0.25, 0.3) is 5.91 Å². The van der Waals surface area contributed by atoms with Crippen molar-refractivity contribution in [2.24, 2.45) is 0 Å². The molecule has 1 aromatic heterocycles. The monoisotopic (exact) mass is 326 g/mol. The van der Waals surface area contributed by atoms with Gasteiger partial charge >= 0.3 is 0 Å². The molecular formula is C18H22N4O2. The van der Waals surface area contributed by atoms with Crippen molar-refractivity contribution in [1.82, 2.24) is 15.3 Å². The van der Waals surface area contributed by atoms with Crippen LogP contribution in [-0.4, -0.2) is 36.1 Å². The molecule has 0 atom stereocenters. The molecule has 0 unspecified atom stereocenters. The van der Waals surface area contributed by atoms with Gasteiger partial charge in [0, 0.05) is 24.3 Å². The highest BCUT2D eigenvalue weighted by molar-refractivity contribution is 5.94. The molecule has 24 heavy (non-hydrogen) atoms. The number of hydrogen-bond acceptors (Lipinski definition) is 5. The average Bonchev–Trinajstić information content (AvgIpc) is 3.14. The molecule has 1 aliphatic heterocycles. The molecule has 0 saturated carbocycles. The second kappa shape index (κ2) is 7.29. The van der Waals surface area contributed by atoms with Crippen LogP contribution >= 0.6 is 0 Å². The van der Waals surface area contributed by atoms with Crippen molar-refractivity contribution >= 4 is 11.9 Å². The standard InChI is InChI=1S/C18H22N4O2/c1-13-10-15(21-18(20-13)22-8-3-4-9-22)12-19-17(23)14-6-5-7-16(11-14)24-2/h5-7,10-11H,3-4,8-9,12H2,1-2H3,(H,19,23). The van der Waals surface area contributed by atoms with Gasteiger partial charge in [-0.25, -0.2) is 9.97 Å². The number of anilines is 1. The third-order valence-electron chi connectivity index (χ3n) is 4.05. The number of carbonyl (C=O) groups is 1. The number of aromatic nitrogens is 2. The van der Waals surface area contributed by atoms with Gasteiger partial charge in [-0.05, 0) is 44.0 Å². The van der Waals surface area contributed by atoms with Crippen molar-refractivity contribution in [3.05, 3.63) is 47.3 Å². The number of hydrogen-bond donors (Lipinski definition) is 1. The van der Waals surface area contributed by atoms with Crippen molar-refractivity contribution in [2.75, 3.05) is 25.1 Å². The van der Waals surface area contributed by atoms with E-state index in [1.165, 1.54) is 12.8 Å². The van der Waals surface area contributed by atoms with Gasteiger partial charge < -0.3 is 15.0 Å². The first-order valence-electron chi connectivity index (χ1n) is 8.17. The zero-order valence-electron chi connectivity index (χ0n) is 14.1. The van der Waals surface area contributed by atoms with Crippen LogP contribution in [0.5, 0.6) is 5.75 Å². The lowest BCUT2D eigenvalue weighted by atomic mass is 10.2. The van der Waals surface area contributed by atoms with Crippen LogP contribution in [0.2, 0.25) is 0 Å². The lowest BCUT2D eigenvalue weighted by Crippen LogP contribution is -2.25. The predicted octanol–water partition coefficient (Wildman–Crippen LogP) is 2.32. The fourth-order valence-corrected chi connectivity index (χ4v) is 2.80. The van der Waals surface area contributed by atoms with E-state index in [1.807, 2.05) is 19.1 Å². The molecule has 1 aromatic carbocycles. The van der Waals surface area contributed by atoms with Crippen molar-refractivity contribution in [2.45, 2.75) is 26.3 Å². The van der Waals surface area contributed by atoms with Gasteiger partial charge in [-0.15, -0.1) is 0 Å². The van der Waals surface area contributed by atoms with E-state index in [1.54, 1.807) is 25.3 Å². The van der Waals surface area contributed by atoms with Gasteiger partial charge in [-0.2, -0.15) is 0 Å². The molecule has 0 bridgehead atoms. The number of ether oxygens (including phenoxy) is 1. The molecule has 6 nitrogen and oxygen atoms in total. The summed E-state index contributed by atoms with van der Waals surface area (Å²) in [5.74, 6) is 1.28. The van der Waals surface area contributed by atoms with Crippen LogP contribution in [0.4, 0.5) is 5.95 Å². The summed E-state index contributed by atoms with van der Waals surface area (Å²) in [4.78, 5) is 23.6. The maximum absolute atomic E-state index is 12.3. The van der Waals surface area contributed by atoms with Crippen molar-refractivity contribution in [1.29, 1.82) is 0 Å². The van der Waals surface area contributed by atoms with Crippen LogP contribution in [0.25, 0.3) is 0 Å². The maximum atomic E-state index is 12.3. The van der Waals surface area contributed by atoms with E-state index >= 15 is 0 Å². The van der Waals surface area contributed by atoms with Gasteiger partial charge in [0.05, 0.1) is 19.3 Å². The summed E-state index contributed by atoms with van der Waals surface area (Å²) in [5, 5.41) is 2.91. The third-order valence-corrected chi connectivity index (χ3v) is 4.05. The van der Waals surface area contributed by atoms with E-state index in [4.69, 9.17) is 4.74 Å². The molecule has 0 spiro atoms. The lowest BCUT2D eigenvalue weighted by molar-refractivity contribution is 0.0950. The SMILES string of the molecule is COc1cccc(C(=O)NCc2cc(C)nc(N3CCCC3)n2)c1. The third kappa shape index (κ3) is 3.82. The van der Waals surface area contributed by atoms with E-state index in [2.05, 4.69) is 20.2 Å². The first-order valence-corrected chi connectivity index (χ1v) is 8.17. The predicted molar refractivity (Wildman–Crippen MR) is 92.4 cm³/mol. The minimum atomic E-state index is -0.145. The normalized spacial score (nSPS) is 13.8. The summed E-state index contributed by atoms with van der Waals surface area (Å²) >= 11 is 0. The topological polar surface area (TPSA) is 67.3 Å². The van der Waals surface area contributed by atoms with Crippen molar-refractivity contribution < 1.29 is 9.53 Å². The Kier molecular flexibility index (Phi) is 4.93. The molecule has 0 radical (unpaired) electrons. The second-order valence-electron chi connectivity index (χ2n) is 5.91. The molecule has 3 rings (SSSR count). The molecule has 2 heterocycles. The molecule has 1 aliphatic rings. The first kappa shape index (κ1) is 16.2. The number of amides is 1. The Morgan fingerprint density at radius 3 is 2.79 bits per heavy atom. The highest BCUT2D eigenvalue weighted by Gasteiger charge is 2.16. The van der Waals surface area contributed by atoms with E-state index < -0.39 is 0 Å². The number of methoxy groups -OCH3 is 1. The Bertz CT molecular complexity index is 727. The Balaban J connectivity index is 1.68.